The number of hydrogen-bond donors (Lipinski definition) is 1. The maximum absolute atomic E-state index is 6.27. The summed E-state index contributed by atoms with van der Waals surface area (Å²) in [6.07, 6.45) is 5.31. The smallest absolute Gasteiger partial charge is 0.0332 e. The third-order valence-electron chi connectivity index (χ3n) is 5.61. The van der Waals surface area contributed by atoms with Gasteiger partial charge in [-0.2, -0.15) is 11.8 Å². The average Bonchev–Trinajstić information content (AvgIpc) is 2.36. The monoisotopic (exact) mass is 298 g/mol. The molecule has 1 saturated carbocycles. The Morgan fingerprint density at radius 3 is 2.00 bits per heavy atom. The van der Waals surface area contributed by atoms with Gasteiger partial charge >= 0.3 is 0 Å². The fraction of sp³-hybridized carbons (Fsp3) is 1.00. The van der Waals surface area contributed by atoms with E-state index in [1.807, 2.05) is 0 Å². The van der Waals surface area contributed by atoms with E-state index in [1.165, 1.54) is 38.8 Å². The van der Waals surface area contributed by atoms with Crippen molar-refractivity contribution in [1.82, 2.24) is 4.90 Å². The summed E-state index contributed by atoms with van der Waals surface area (Å²) in [5.74, 6) is 0.871. The third kappa shape index (κ3) is 3.53. The fourth-order valence-corrected chi connectivity index (χ4v) is 5.56. The second-order valence-corrected chi connectivity index (χ2v) is 10.1. The Kier molecular flexibility index (Phi) is 5.14. The molecule has 0 aromatic heterocycles. The quantitative estimate of drug-likeness (QED) is 0.842. The van der Waals surface area contributed by atoms with Gasteiger partial charge in [0.1, 0.15) is 0 Å². The van der Waals surface area contributed by atoms with Gasteiger partial charge in [0, 0.05) is 35.7 Å². The normalized spacial score (nSPS) is 40.8. The molecular formula is C17H34N2S. The van der Waals surface area contributed by atoms with Crippen molar-refractivity contribution in [2.24, 2.45) is 17.1 Å². The molecule has 1 aliphatic carbocycles. The van der Waals surface area contributed by atoms with E-state index in [4.69, 9.17) is 5.73 Å². The average molecular weight is 299 g/mol. The molecule has 0 bridgehead atoms. The summed E-state index contributed by atoms with van der Waals surface area (Å²) in [5, 5.41) is 1.50. The van der Waals surface area contributed by atoms with Crippen molar-refractivity contribution in [1.29, 1.82) is 0 Å². The van der Waals surface area contributed by atoms with Gasteiger partial charge in [-0.1, -0.05) is 34.6 Å². The van der Waals surface area contributed by atoms with E-state index >= 15 is 0 Å². The minimum atomic E-state index is 0.297. The van der Waals surface area contributed by atoms with Crippen LogP contribution in [0, 0.1) is 11.3 Å². The second-order valence-electron chi connectivity index (χ2n) is 8.23. The van der Waals surface area contributed by atoms with Crippen molar-refractivity contribution < 1.29 is 0 Å². The van der Waals surface area contributed by atoms with Crippen molar-refractivity contribution in [3.05, 3.63) is 0 Å². The molecular weight excluding hydrogens is 264 g/mol. The molecule has 1 aliphatic heterocycles. The minimum Gasteiger partial charge on any atom is -0.329 e. The van der Waals surface area contributed by atoms with Crippen LogP contribution < -0.4 is 5.73 Å². The maximum atomic E-state index is 6.27. The first kappa shape index (κ1) is 16.6. The van der Waals surface area contributed by atoms with Crippen LogP contribution in [0.2, 0.25) is 0 Å². The van der Waals surface area contributed by atoms with E-state index in [1.54, 1.807) is 0 Å². The van der Waals surface area contributed by atoms with Gasteiger partial charge in [0.25, 0.3) is 0 Å². The van der Waals surface area contributed by atoms with Crippen LogP contribution in [-0.4, -0.2) is 40.6 Å². The molecule has 0 aromatic carbocycles. The molecule has 2 aliphatic rings. The van der Waals surface area contributed by atoms with Crippen molar-refractivity contribution in [2.75, 3.05) is 19.6 Å². The number of rotatable bonds is 2. The van der Waals surface area contributed by atoms with Crippen molar-refractivity contribution in [3.63, 3.8) is 0 Å². The van der Waals surface area contributed by atoms with Gasteiger partial charge in [-0.25, -0.2) is 0 Å². The molecule has 2 rings (SSSR count). The Morgan fingerprint density at radius 2 is 1.60 bits per heavy atom. The number of nitrogens with two attached hydrogens (primary N) is 1. The molecule has 0 radical (unpaired) electrons. The minimum absolute atomic E-state index is 0.297. The van der Waals surface area contributed by atoms with Gasteiger partial charge < -0.3 is 5.73 Å². The van der Waals surface area contributed by atoms with E-state index in [0.29, 0.717) is 11.0 Å². The van der Waals surface area contributed by atoms with E-state index in [0.717, 1.165) is 23.0 Å². The van der Waals surface area contributed by atoms with Crippen LogP contribution in [0.3, 0.4) is 0 Å². The van der Waals surface area contributed by atoms with E-state index < -0.39 is 0 Å². The van der Waals surface area contributed by atoms with Crippen LogP contribution in [0.15, 0.2) is 0 Å². The first-order valence-electron chi connectivity index (χ1n) is 8.37. The summed E-state index contributed by atoms with van der Waals surface area (Å²) in [5.41, 5.74) is 7.02. The highest BCUT2D eigenvalue weighted by Gasteiger charge is 2.43. The molecule has 0 aromatic rings. The summed E-state index contributed by atoms with van der Waals surface area (Å²) in [4.78, 5) is 2.75. The predicted molar refractivity (Wildman–Crippen MR) is 91.3 cm³/mol. The van der Waals surface area contributed by atoms with Gasteiger partial charge in [-0.05, 0) is 37.0 Å². The summed E-state index contributed by atoms with van der Waals surface area (Å²) in [6.45, 7) is 15.2. The van der Waals surface area contributed by atoms with Crippen LogP contribution in [-0.2, 0) is 0 Å². The van der Waals surface area contributed by atoms with E-state index in [9.17, 15) is 0 Å². The molecule has 118 valence electrons. The van der Waals surface area contributed by atoms with Crippen LogP contribution in [0.25, 0.3) is 0 Å². The molecule has 1 saturated heterocycles. The SMILES string of the molecule is CC1CN(C2(CN)CCC(C(C)(C)C)CC2)CC(C)S1. The molecule has 2 nitrogen and oxygen atoms in total. The molecule has 1 heterocycles. The Morgan fingerprint density at radius 1 is 1.10 bits per heavy atom. The zero-order valence-electron chi connectivity index (χ0n) is 14.1. The van der Waals surface area contributed by atoms with Crippen molar-refractivity contribution in [2.45, 2.75) is 76.3 Å². The summed E-state index contributed by atoms with van der Waals surface area (Å²) in [7, 11) is 0. The van der Waals surface area contributed by atoms with Gasteiger partial charge in [-0.15, -0.1) is 0 Å². The third-order valence-corrected chi connectivity index (χ3v) is 6.84. The molecule has 2 atom stereocenters. The highest BCUT2D eigenvalue weighted by molar-refractivity contribution is 8.00. The van der Waals surface area contributed by atoms with Crippen LogP contribution in [0.4, 0.5) is 0 Å². The number of thioether (sulfide) groups is 1. The molecule has 2 unspecified atom stereocenters. The predicted octanol–water partition coefficient (Wildman–Crippen LogP) is 3.75. The lowest BCUT2D eigenvalue weighted by atomic mass is 9.66. The van der Waals surface area contributed by atoms with Crippen LogP contribution in [0.1, 0.15) is 60.3 Å². The standard InChI is InChI=1S/C17H34N2S/c1-13-10-19(11-14(2)20-13)17(12-18)8-6-15(7-9-17)16(3,4)5/h13-15H,6-12,18H2,1-5H3. The summed E-state index contributed by atoms with van der Waals surface area (Å²) < 4.78 is 0. The van der Waals surface area contributed by atoms with E-state index in [-0.39, 0.29) is 0 Å². The largest absolute Gasteiger partial charge is 0.329 e. The van der Waals surface area contributed by atoms with E-state index in [2.05, 4.69) is 51.3 Å². The zero-order valence-corrected chi connectivity index (χ0v) is 14.9. The van der Waals surface area contributed by atoms with Gasteiger partial charge in [-0.3, -0.25) is 4.90 Å². The first-order valence-corrected chi connectivity index (χ1v) is 9.32. The van der Waals surface area contributed by atoms with Gasteiger partial charge in [0.15, 0.2) is 0 Å². The van der Waals surface area contributed by atoms with Gasteiger partial charge in [0.05, 0.1) is 0 Å². The van der Waals surface area contributed by atoms with Crippen LogP contribution in [0.5, 0.6) is 0 Å². The Bertz CT molecular complexity index is 305. The lowest BCUT2D eigenvalue weighted by Gasteiger charge is -2.52. The fourth-order valence-electron chi connectivity index (χ4n) is 4.24. The lowest BCUT2D eigenvalue weighted by molar-refractivity contribution is 0.0201. The summed E-state index contributed by atoms with van der Waals surface area (Å²) >= 11 is 2.14. The number of hydrogen-bond acceptors (Lipinski definition) is 3. The first-order chi connectivity index (χ1) is 9.27. The van der Waals surface area contributed by atoms with Crippen LogP contribution >= 0.6 is 11.8 Å². The van der Waals surface area contributed by atoms with Crippen molar-refractivity contribution >= 4 is 11.8 Å². The summed E-state index contributed by atoms with van der Waals surface area (Å²) in [6, 6.07) is 0. The Hall–Kier alpha value is 0.270. The Balaban J connectivity index is 2.04. The maximum Gasteiger partial charge on any atom is 0.0332 e. The van der Waals surface area contributed by atoms with Gasteiger partial charge in [0.2, 0.25) is 0 Å². The molecule has 20 heavy (non-hydrogen) atoms. The second kappa shape index (κ2) is 6.18. The highest BCUT2D eigenvalue weighted by Crippen LogP contribution is 2.44. The molecule has 2 N–H and O–H groups in total. The molecule has 0 amide bonds. The molecule has 0 spiro atoms. The highest BCUT2D eigenvalue weighted by atomic mass is 32.2. The topological polar surface area (TPSA) is 29.3 Å². The number of nitrogens with zero attached hydrogens (tertiary/aromatic N) is 1. The lowest BCUT2D eigenvalue weighted by Crippen LogP contribution is -2.60. The van der Waals surface area contributed by atoms with Crippen molar-refractivity contribution in [3.8, 4) is 0 Å². The zero-order chi connectivity index (χ0) is 15.0. The Labute approximate surface area is 130 Å². The molecule has 3 heteroatoms. The molecule has 2 fully saturated rings.